The minimum absolute atomic E-state index is 0.194. The van der Waals surface area contributed by atoms with Gasteiger partial charge in [-0.1, -0.05) is 39.0 Å². The fraction of sp³-hybridized carbons (Fsp3) is 0.600. The Bertz CT molecular complexity index is 347. The van der Waals surface area contributed by atoms with E-state index in [1.165, 1.54) is 16.7 Å². The molecule has 0 radical (unpaired) electrons. The number of alkyl halides is 1. The van der Waals surface area contributed by atoms with Crippen molar-refractivity contribution < 1.29 is 0 Å². The van der Waals surface area contributed by atoms with Gasteiger partial charge in [0.1, 0.15) is 0 Å². The number of rotatable bonds is 3. The maximum absolute atomic E-state index is 6.40. The van der Waals surface area contributed by atoms with Crippen molar-refractivity contribution in [2.45, 2.75) is 52.8 Å². The Hall–Kier alpha value is -0.490. The summed E-state index contributed by atoms with van der Waals surface area (Å²) in [6.07, 6.45) is 2.13. The molecule has 1 unspecified atom stereocenters. The first-order chi connectivity index (χ1) is 7.32. The smallest absolute Gasteiger partial charge is 0.0387 e. The van der Waals surface area contributed by atoms with Crippen LogP contribution in [0.15, 0.2) is 18.2 Å². The molecule has 0 amide bonds. The van der Waals surface area contributed by atoms with Crippen LogP contribution in [0.4, 0.5) is 0 Å². The van der Waals surface area contributed by atoms with Gasteiger partial charge in [0.2, 0.25) is 0 Å². The van der Waals surface area contributed by atoms with Gasteiger partial charge in [-0.15, -0.1) is 11.6 Å². The molecule has 0 nitrogen and oxygen atoms in total. The predicted octanol–water partition coefficient (Wildman–Crippen LogP) is 4.89. The average molecular weight is 239 g/mol. The fourth-order valence-electron chi connectivity index (χ4n) is 1.80. The van der Waals surface area contributed by atoms with Crippen LogP contribution in [0.25, 0.3) is 0 Å². The Morgan fingerprint density at radius 2 is 1.81 bits per heavy atom. The van der Waals surface area contributed by atoms with Crippen LogP contribution in [0.1, 0.15) is 43.9 Å². The second kappa shape index (κ2) is 5.23. The molecule has 0 bridgehead atoms. The van der Waals surface area contributed by atoms with Crippen molar-refractivity contribution in [3.05, 3.63) is 34.9 Å². The van der Waals surface area contributed by atoms with Crippen molar-refractivity contribution in [1.82, 2.24) is 0 Å². The molecule has 0 aromatic heterocycles. The zero-order valence-corrected chi connectivity index (χ0v) is 11.9. The highest BCUT2D eigenvalue weighted by Crippen LogP contribution is 2.28. The highest BCUT2D eigenvalue weighted by molar-refractivity contribution is 6.21. The first kappa shape index (κ1) is 13.6. The summed E-state index contributed by atoms with van der Waals surface area (Å²) in [7, 11) is 0. The standard InChI is InChI=1S/C15H23Cl/c1-11-7-6-8-13(12(11)2)9-10-14(16)15(3,4)5/h6-8,14H,9-10H2,1-5H3. The molecule has 0 spiro atoms. The second-order valence-corrected chi connectivity index (χ2v) is 6.26. The van der Waals surface area contributed by atoms with E-state index < -0.39 is 0 Å². The van der Waals surface area contributed by atoms with Crippen LogP contribution in [0.5, 0.6) is 0 Å². The molecule has 0 aliphatic carbocycles. The third kappa shape index (κ3) is 3.52. The molecular weight excluding hydrogens is 216 g/mol. The maximum atomic E-state index is 6.40. The zero-order valence-electron chi connectivity index (χ0n) is 11.1. The topological polar surface area (TPSA) is 0 Å². The van der Waals surface area contributed by atoms with Gasteiger partial charge in [0.05, 0.1) is 0 Å². The first-order valence-corrected chi connectivity index (χ1v) is 6.45. The molecule has 0 heterocycles. The second-order valence-electron chi connectivity index (χ2n) is 5.73. The number of halogens is 1. The normalized spacial score (nSPS) is 13.9. The fourth-order valence-corrected chi connectivity index (χ4v) is 1.91. The molecule has 1 heteroatoms. The Balaban J connectivity index is 2.65. The Kier molecular flexibility index (Phi) is 4.43. The molecule has 0 aliphatic rings. The van der Waals surface area contributed by atoms with Crippen molar-refractivity contribution >= 4 is 11.6 Å². The van der Waals surface area contributed by atoms with Crippen molar-refractivity contribution in [3.8, 4) is 0 Å². The zero-order chi connectivity index (χ0) is 12.3. The van der Waals surface area contributed by atoms with Gasteiger partial charge in [-0.3, -0.25) is 0 Å². The molecule has 1 rings (SSSR count). The summed E-state index contributed by atoms with van der Waals surface area (Å²) >= 11 is 6.40. The lowest BCUT2D eigenvalue weighted by Gasteiger charge is -2.25. The van der Waals surface area contributed by atoms with E-state index in [4.69, 9.17) is 11.6 Å². The van der Waals surface area contributed by atoms with Gasteiger partial charge in [0.15, 0.2) is 0 Å². The Labute approximate surface area is 105 Å². The number of hydrogen-bond acceptors (Lipinski definition) is 0. The van der Waals surface area contributed by atoms with Gasteiger partial charge in [-0.2, -0.15) is 0 Å². The number of aryl methyl sites for hydroxylation is 2. The summed E-state index contributed by atoms with van der Waals surface area (Å²) in [4.78, 5) is 0. The van der Waals surface area contributed by atoms with E-state index in [0.29, 0.717) is 0 Å². The van der Waals surface area contributed by atoms with Crippen molar-refractivity contribution in [2.75, 3.05) is 0 Å². The van der Waals surface area contributed by atoms with E-state index in [2.05, 4.69) is 52.8 Å². The van der Waals surface area contributed by atoms with Crippen LogP contribution in [0.3, 0.4) is 0 Å². The summed E-state index contributed by atoms with van der Waals surface area (Å²) in [6.45, 7) is 11.0. The van der Waals surface area contributed by atoms with Gasteiger partial charge >= 0.3 is 0 Å². The summed E-state index contributed by atoms with van der Waals surface area (Å²) in [5.74, 6) is 0. The molecular formula is C15H23Cl. The van der Waals surface area contributed by atoms with Gasteiger partial charge in [-0.05, 0) is 48.8 Å². The van der Waals surface area contributed by atoms with Crippen LogP contribution in [0.2, 0.25) is 0 Å². The first-order valence-electron chi connectivity index (χ1n) is 6.01. The van der Waals surface area contributed by atoms with E-state index in [-0.39, 0.29) is 10.8 Å². The molecule has 1 atom stereocenters. The molecule has 1 aromatic rings. The molecule has 0 N–H and O–H groups in total. The summed E-state index contributed by atoms with van der Waals surface area (Å²) in [5, 5.41) is 0.243. The molecule has 0 saturated carbocycles. The lowest BCUT2D eigenvalue weighted by atomic mass is 9.87. The maximum Gasteiger partial charge on any atom is 0.0387 e. The third-order valence-electron chi connectivity index (χ3n) is 3.32. The minimum atomic E-state index is 0.194. The largest absolute Gasteiger partial charge is 0.122 e. The molecule has 0 aliphatic heterocycles. The monoisotopic (exact) mass is 238 g/mol. The van der Waals surface area contributed by atoms with Crippen molar-refractivity contribution in [2.24, 2.45) is 5.41 Å². The Morgan fingerprint density at radius 3 is 2.38 bits per heavy atom. The van der Waals surface area contributed by atoms with Crippen LogP contribution < -0.4 is 0 Å². The summed E-state index contributed by atoms with van der Waals surface area (Å²) < 4.78 is 0. The average Bonchev–Trinajstić information content (AvgIpc) is 2.18. The molecule has 1 aromatic carbocycles. The van der Waals surface area contributed by atoms with Gasteiger partial charge in [0.25, 0.3) is 0 Å². The van der Waals surface area contributed by atoms with Crippen LogP contribution in [0, 0.1) is 19.3 Å². The highest BCUT2D eigenvalue weighted by Gasteiger charge is 2.21. The SMILES string of the molecule is Cc1cccc(CCC(Cl)C(C)(C)C)c1C. The third-order valence-corrected chi connectivity index (χ3v) is 4.20. The van der Waals surface area contributed by atoms with Crippen LogP contribution in [-0.4, -0.2) is 5.38 Å². The molecule has 0 fully saturated rings. The van der Waals surface area contributed by atoms with E-state index in [1.54, 1.807) is 0 Å². The van der Waals surface area contributed by atoms with Crippen LogP contribution in [-0.2, 0) is 6.42 Å². The summed E-state index contributed by atoms with van der Waals surface area (Å²) in [5.41, 5.74) is 4.42. The van der Waals surface area contributed by atoms with E-state index in [0.717, 1.165) is 12.8 Å². The molecule has 0 saturated heterocycles. The lowest BCUT2D eigenvalue weighted by Crippen LogP contribution is -2.21. The minimum Gasteiger partial charge on any atom is -0.122 e. The Morgan fingerprint density at radius 1 is 1.19 bits per heavy atom. The van der Waals surface area contributed by atoms with E-state index >= 15 is 0 Å². The number of benzene rings is 1. The highest BCUT2D eigenvalue weighted by atomic mass is 35.5. The van der Waals surface area contributed by atoms with Crippen molar-refractivity contribution in [1.29, 1.82) is 0 Å². The molecule has 16 heavy (non-hydrogen) atoms. The quantitative estimate of drug-likeness (QED) is 0.658. The van der Waals surface area contributed by atoms with Gasteiger partial charge < -0.3 is 0 Å². The lowest BCUT2D eigenvalue weighted by molar-refractivity contribution is 0.374. The van der Waals surface area contributed by atoms with Crippen LogP contribution >= 0.6 is 11.6 Å². The molecule has 90 valence electrons. The van der Waals surface area contributed by atoms with E-state index in [9.17, 15) is 0 Å². The van der Waals surface area contributed by atoms with Gasteiger partial charge in [-0.25, -0.2) is 0 Å². The van der Waals surface area contributed by atoms with E-state index in [1.807, 2.05) is 0 Å². The van der Waals surface area contributed by atoms with Gasteiger partial charge in [0, 0.05) is 5.38 Å². The number of hydrogen-bond donors (Lipinski definition) is 0. The van der Waals surface area contributed by atoms with Crippen molar-refractivity contribution in [3.63, 3.8) is 0 Å². The summed E-state index contributed by atoms with van der Waals surface area (Å²) in [6, 6.07) is 6.52. The predicted molar refractivity (Wildman–Crippen MR) is 73.3 cm³/mol.